The van der Waals surface area contributed by atoms with Crippen LogP contribution in [0.3, 0.4) is 0 Å². The molecule has 1 aromatic carbocycles. The van der Waals surface area contributed by atoms with Crippen molar-refractivity contribution >= 4 is 0 Å². The maximum atomic E-state index is 9.43. The Morgan fingerprint density at radius 1 is 1.42 bits per heavy atom. The molecule has 0 aliphatic rings. The molecular weight excluding hydrogens is 152 g/mol. The van der Waals surface area contributed by atoms with Crippen LogP contribution in [-0.2, 0) is 6.42 Å². The lowest BCUT2D eigenvalue weighted by Gasteiger charge is -2.06. The first-order chi connectivity index (χ1) is 5.59. The molecule has 2 heteroatoms. The second kappa shape index (κ2) is 3.59. The molecule has 1 atom stereocenters. The molecule has 2 nitrogen and oxygen atoms in total. The molecule has 0 saturated carbocycles. The van der Waals surface area contributed by atoms with Crippen molar-refractivity contribution in [3.8, 4) is 5.75 Å². The highest BCUT2D eigenvalue weighted by Crippen LogP contribution is 2.19. The van der Waals surface area contributed by atoms with Crippen molar-refractivity contribution < 1.29 is 10.2 Å². The van der Waals surface area contributed by atoms with Gasteiger partial charge in [0.2, 0.25) is 0 Å². The highest BCUT2D eigenvalue weighted by Gasteiger charge is 2.03. The van der Waals surface area contributed by atoms with Gasteiger partial charge in [0, 0.05) is 6.42 Å². The van der Waals surface area contributed by atoms with E-state index in [0.29, 0.717) is 6.42 Å². The normalized spacial score (nSPS) is 12.9. The topological polar surface area (TPSA) is 40.5 Å². The first-order valence-electron chi connectivity index (χ1n) is 4.06. The largest absolute Gasteiger partial charge is 0.508 e. The van der Waals surface area contributed by atoms with Crippen LogP contribution >= 0.6 is 0 Å². The minimum Gasteiger partial charge on any atom is -0.508 e. The van der Waals surface area contributed by atoms with Crippen molar-refractivity contribution in [3.05, 3.63) is 29.3 Å². The van der Waals surface area contributed by atoms with E-state index in [1.54, 1.807) is 13.0 Å². The minimum absolute atomic E-state index is 0.274. The SMILES string of the molecule is Cc1ccc(C[C@H](C)O)c(O)c1. The van der Waals surface area contributed by atoms with E-state index in [-0.39, 0.29) is 5.75 Å². The molecule has 0 radical (unpaired) electrons. The molecule has 2 N–H and O–H groups in total. The highest BCUT2D eigenvalue weighted by atomic mass is 16.3. The number of rotatable bonds is 2. The molecule has 0 bridgehead atoms. The molecule has 0 amide bonds. The van der Waals surface area contributed by atoms with Gasteiger partial charge in [0.15, 0.2) is 0 Å². The summed E-state index contributed by atoms with van der Waals surface area (Å²) in [6.07, 6.45) is 0.102. The second-order valence-electron chi connectivity index (χ2n) is 3.19. The Kier molecular flexibility index (Phi) is 2.71. The first-order valence-corrected chi connectivity index (χ1v) is 4.06. The van der Waals surface area contributed by atoms with E-state index in [9.17, 15) is 5.11 Å². The standard InChI is InChI=1S/C10H14O2/c1-7-3-4-9(6-8(2)11)10(12)5-7/h3-5,8,11-12H,6H2,1-2H3/t8-/m0/s1. The monoisotopic (exact) mass is 166 g/mol. The summed E-state index contributed by atoms with van der Waals surface area (Å²) in [5, 5.41) is 18.5. The fourth-order valence-electron chi connectivity index (χ4n) is 1.16. The average Bonchev–Trinajstić information content (AvgIpc) is 1.94. The number of aromatic hydroxyl groups is 1. The van der Waals surface area contributed by atoms with Crippen LogP contribution in [0.5, 0.6) is 5.75 Å². The van der Waals surface area contributed by atoms with E-state index < -0.39 is 6.10 Å². The predicted octanol–water partition coefficient (Wildman–Crippen LogP) is 1.62. The van der Waals surface area contributed by atoms with Crippen molar-refractivity contribution in [2.45, 2.75) is 26.4 Å². The molecule has 0 aliphatic heterocycles. The maximum Gasteiger partial charge on any atom is 0.119 e. The maximum absolute atomic E-state index is 9.43. The predicted molar refractivity (Wildman–Crippen MR) is 48.2 cm³/mol. The molecule has 0 unspecified atom stereocenters. The summed E-state index contributed by atoms with van der Waals surface area (Å²) >= 11 is 0. The van der Waals surface area contributed by atoms with Gasteiger partial charge in [-0.3, -0.25) is 0 Å². The van der Waals surface area contributed by atoms with Crippen LogP contribution in [0.25, 0.3) is 0 Å². The summed E-state index contributed by atoms with van der Waals surface area (Å²) in [5.41, 5.74) is 1.83. The third-order valence-electron chi connectivity index (χ3n) is 1.76. The minimum atomic E-state index is -0.404. The van der Waals surface area contributed by atoms with E-state index in [1.807, 2.05) is 19.1 Å². The smallest absolute Gasteiger partial charge is 0.119 e. The van der Waals surface area contributed by atoms with Crippen LogP contribution in [0, 0.1) is 6.92 Å². The van der Waals surface area contributed by atoms with Gasteiger partial charge in [-0.2, -0.15) is 0 Å². The molecule has 66 valence electrons. The molecule has 1 aromatic rings. The molecule has 0 heterocycles. The van der Waals surface area contributed by atoms with E-state index in [2.05, 4.69) is 0 Å². The summed E-state index contributed by atoms with van der Waals surface area (Å²) in [5.74, 6) is 0.274. The lowest BCUT2D eigenvalue weighted by atomic mass is 10.1. The van der Waals surface area contributed by atoms with E-state index in [1.165, 1.54) is 0 Å². The Hall–Kier alpha value is -1.02. The van der Waals surface area contributed by atoms with Crippen LogP contribution in [0.15, 0.2) is 18.2 Å². The number of aliphatic hydroxyl groups is 1. The van der Waals surface area contributed by atoms with Gasteiger partial charge in [-0.05, 0) is 31.0 Å². The Morgan fingerprint density at radius 3 is 2.58 bits per heavy atom. The number of benzene rings is 1. The van der Waals surface area contributed by atoms with Gasteiger partial charge in [0.25, 0.3) is 0 Å². The summed E-state index contributed by atoms with van der Waals surface area (Å²) in [6.45, 7) is 3.63. The fourth-order valence-corrected chi connectivity index (χ4v) is 1.16. The summed E-state index contributed by atoms with van der Waals surface area (Å²) in [4.78, 5) is 0. The summed E-state index contributed by atoms with van der Waals surface area (Å²) in [6, 6.07) is 5.48. The van der Waals surface area contributed by atoms with Crippen molar-refractivity contribution in [2.75, 3.05) is 0 Å². The number of phenols is 1. The van der Waals surface area contributed by atoms with Crippen LogP contribution in [-0.4, -0.2) is 16.3 Å². The van der Waals surface area contributed by atoms with E-state index in [4.69, 9.17) is 5.11 Å². The van der Waals surface area contributed by atoms with Crippen molar-refractivity contribution in [1.29, 1.82) is 0 Å². The van der Waals surface area contributed by atoms with Crippen LogP contribution in [0.2, 0.25) is 0 Å². The summed E-state index contributed by atoms with van der Waals surface area (Å²) < 4.78 is 0. The lowest BCUT2D eigenvalue weighted by Crippen LogP contribution is -2.04. The van der Waals surface area contributed by atoms with Crippen molar-refractivity contribution in [1.82, 2.24) is 0 Å². The number of hydrogen-bond donors (Lipinski definition) is 2. The van der Waals surface area contributed by atoms with Gasteiger partial charge in [-0.1, -0.05) is 12.1 Å². The molecule has 0 aromatic heterocycles. The summed E-state index contributed by atoms with van der Waals surface area (Å²) in [7, 11) is 0. The second-order valence-corrected chi connectivity index (χ2v) is 3.19. The molecular formula is C10H14O2. The highest BCUT2D eigenvalue weighted by molar-refractivity contribution is 5.36. The van der Waals surface area contributed by atoms with Gasteiger partial charge in [0.05, 0.1) is 6.10 Å². The number of aryl methyl sites for hydroxylation is 1. The van der Waals surface area contributed by atoms with E-state index >= 15 is 0 Å². The Bertz CT molecular complexity index is 267. The zero-order valence-corrected chi connectivity index (χ0v) is 7.41. The molecule has 0 spiro atoms. The molecule has 0 saturated heterocycles. The lowest BCUT2D eigenvalue weighted by molar-refractivity contribution is 0.194. The molecule has 0 aliphatic carbocycles. The van der Waals surface area contributed by atoms with Crippen LogP contribution in [0.4, 0.5) is 0 Å². The third kappa shape index (κ3) is 2.24. The average molecular weight is 166 g/mol. The Labute approximate surface area is 72.5 Å². The van der Waals surface area contributed by atoms with Crippen molar-refractivity contribution in [3.63, 3.8) is 0 Å². The Morgan fingerprint density at radius 2 is 2.08 bits per heavy atom. The van der Waals surface area contributed by atoms with Gasteiger partial charge in [-0.25, -0.2) is 0 Å². The Balaban J connectivity index is 2.86. The number of hydrogen-bond acceptors (Lipinski definition) is 2. The van der Waals surface area contributed by atoms with Gasteiger partial charge in [0.1, 0.15) is 5.75 Å². The van der Waals surface area contributed by atoms with Crippen molar-refractivity contribution in [2.24, 2.45) is 0 Å². The van der Waals surface area contributed by atoms with Gasteiger partial charge >= 0.3 is 0 Å². The molecule has 1 rings (SSSR count). The first kappa shape index (κ1) is 9.07. The van der Waals surface area contributed by atoms with Crippen LogP contribution in [0.1, 0.15) is 18.1 Å². The number of phenolic OH excluding ortho intramolecular Hbond substituents is 1. The quantitative estimate of drug-likeness (QED) is 0.701. The number of aliphatic hydroxyl groups excluding tert-OH is 1. The van der Waals surface area contributed by atoms with Crippen LogP contribution < -0.4 is 0 Å². The molecule has 0 fully saturated rings. The third-order valence-corrected chi connectivity index (χ3v) is 1.76. The van der Waals surface area contributed by atoms with Gasteiger partial charge in [-0.15, -0.1) is 0 Å². The molecule has 12 heavy (non-hydrogen) atoms. The fraction of sp³-hybridized carbons (Fsp3) is 0.400. The van der Waals surface area contributed by atoms with Gasteiger partial charge < -0.3 is 10.2 Å². The zero-order valence-electron chi connectivity index (χ0n) is 7.41. The van der Waals surface area contributed by atoms with E-state index in [0.717, 1.165) is 11.1 Å². The zero-order chi connectivity index (χ0) is 9.14.